The van der Waals surface area contributed by atoms with Crippen LogP contribution in [0.15, 0.2) is 35.4 Å². The molecule has 1 N–H and O–H groups in total. The highest BCUT2D eigenvalue weighted by Crippen LogP contribution is 2.68. The number of allylic oxidation sites excluding steroid dienone is 1. The first-order chi connectivity index (χ1) is 17.4. The third kappa shape index (κ3) is 3.92. The molecule has 37 heavy (non-hydrogen) atoms. The summed E-state index contributed by atoms with van der Waals surface area (Å²) in [6, 6.07) is 11.7. The summed E-state index contributed by atoms with van der Waals surface area (Å²) >= 11 is 0. The number of aliphatic hydroxyl groups is 1. The summed E-state index contributed by atoms with van der Waals surface area (Å²) in [6.07, 6.45) is 6.58. The zero-order chi connectivity index (χ0) is 26.3. The molecule has 6 rings (SSSR count). The molecule has 4 fully saturated rings. The van der Waals surface area contributed by atoms with E-state index in [0.717, 1.165) is 44.9 Å². The molecule has 200 valence electrons. The maximum Gasteiger partial charge on any atom is 0.185 e. The maximum absolute atomic E-state index is 12.2. The molecule has 1 aromatic rings. The first kappa shape index (κ1) is 25.8. The molecule has 5 nitrogen and oxygen atoms in total. The molecule has 1 spiro atoms. The van der Waals surface area contributed by atoms with Gasteiger partial charge >= 0.3 is 0 Å². The second-order valence-electron chi connectivity index (χ2n) is 13.8. The number of hydrogen-bond donors (Lipinski definition) is 1. The highest BCUT2D eigenvalue weighted by Gasteiger charge is 2.66. The van der Waals surface area contributed by atoms with E-state index in [2.05, 4.69) is 63.8 Å². The molecule has 6 heteroatoms. The van der Waals surface area contributed by atoms with Gasteiger partial charge in [0.1, 0.15) is 5.60 Å². The summed E-state index contributed by atoms with van der Waals surface area (Å²) in [5.74, 6) is 0.333. The van der Waals surface area contributed by atoms with Crippen LogP contribution in [0.3, 0.4) is 0 Å². The van der Waals surface area contributed by atoms with Crippen molar-refractivity contribution in [2.24, 2.45) is 17.3 Å². The molecule has 3 saturated carbocycles. The normalized spacial score (nSPS) is 40.7. The van der Waals surface area contributed by atoms with Crippen LogP contribution in [0, 0.1) is 35.5 Å². The van der Waals surface area contributed by atoms with Crippen molar-refractivity contribution in [1.82, 2.24) is 0 Å². The second-order valence-corrected chi connectivity index (χ2v) is 18.2. The summed E-state index contributed by atoms with van der Waals surface area (Å²) < 4.78 is 19.0. The van der Waals surface area contributed by atoms with Crippen molar-refractivity contribution in [2.75, 3.05) is 13.2 Å². The van der Waals surface area contributed by atoms with Crippen molar-refractivity contribution in [3.8, 4) is 6.07 Å². The number of fused-ring (bicyclic) bond motifs is 4. The average molecular weight is 522 g/mol. The predicted octanol–water partition coefficient (Wildman–Crippen LogP) is 6.38. The van der Waals surface area contributed by atoms with Crippen LogP contribution in [0.2, 0.25) is 19.6 Å². The second kappa shape index (κ2) is 8.50. The lowest BCUT2D eigenvalue weighted by Crippen LogP contribution is -2.57. The van der Waals surface area contributed by atoms with Gasteiger partial charge < -0.3 is 19.0 Å². The lowest BCUT2D eigenvalue weighted by molar-refractivity contribution is -0.208. The minimum Gasteiger partial charge on any atom is -0.399 e. The molecule has 1 aromatic carbocycles. The maximum atomic E-state index is 12.2. The Morgan fingerprint density at radius 3 is 2.41 bits per heavy atom. The number of hydrogen-bond acceptors (Lipinski definition) is 5. The summed E-state index contributed by atoms with van der Waals surface area (Å²) in [5.41, 5.74) is 3.44. The number of nitrogens with zero attached hydrogens (tertiary/aromatic N) is 1. The van der Waals surface area contributed by atoms with Gasteiger partial charge in [0, 0.05) is 24.2 Å². The van der Waals surface area contributed by atoms with E-state index in [1.165, 1.54) is 22.3 Å². The molecule has 0 bridgehead atoms. The fraction of sp³-hybridized carbons (Fsp3) is 0.710. The monoisotopic (exact) mass is 521 g/mol. The van der Waals surface area contributed by atoms with Crippen LogP contribution in [0.4, 0.5) is 0 Å². The van der Waals surface area contributed by atoms with Gasteiger partial charge in [-0.2, -0.15) is 5.26 Å². The van der Waals surface area contributed by atoms with Crippen molar-refractivity contribution in [3.05, 3.63) is 46.5 Å². The van der Waals surface area contributed by atoms with Gasteiger partial charge in [0.2, 0.25) is 0 Å². The number of rotatable bonds is 3. The zero-order valence-electron chi connectivity index (χ0n) is 23.2. The van der Waals surface area contributed by atoms with Gasteiger partial charge in [0.15, 0.2) is 14.1 Å². The molecule has 1 aliphatic heterocycles. The zero-order valence-corrected chi connectivity index (χ0v) is 24.2. The molecule has 6 atom stereocenters. The molecule has 1 unspecified atom stereocenters. The van der Waals surface area contributed by atoms with E-state index < -0.39 is 25.3 Å². The quantitative estimate of drug-likeness (QED) is 0.369. The molecular formula is C31H43NO4Si. The van der Waals surface area contributed by atoms with Crippen molar-refractivity contribution in [3.63, 3.8) is 0 Å². The molecule has 1 saturated heterocycles. The molecule has 5 aliphatic rings. The van der Waals surface area contributed by atoms with Crippen LogP contribution < -0.4 is 0 Å². The van der Waals surface area contributed by atoms with Crippen molar-refractivity contribution in [1.29, 1.82) is 5.26 Å². The molecular weight excluding hydrogens is 478 g/mol. The van der Waals surface area contributed by atoms with E-state index in [1.54, 1.807) is 0 Å². The van der Waals surface area contributed by atoms with Crippen molar-refractivity contribution >= 4 is 8.32 Å². The lowest BCUT2D eigenvalue weighted by Gasteiger charge is -2.57. The van der Waals surface area contributed by atoms with Gasteiger partial charge in [-0.3, -0.25) is 0 Å². The van der Waals surface area contributed by atoms with E-state index in [9.17, 15) is 10.4 Å². The van der Waals surface area contributed by atoms with Gasteiger partial charge in [0.05, 0.1) is 24.9 Å². The number of aryl methyl sites for hydroxylation is 1. The Balaban J connectivity index is 1.48. The van der Waals surface area contributed by atoms with E-state index in [1.807, 2.05) is 0 Å². The molecule has 0 radical (unpaired) electrons. The van der Waals surface area contributed by atoms with Crippen LogP contribution >= 0.6 is 0 Å². The minimum atomic E-state index is -1.95. The topological polar surface area (TPSA) is 71.7 Å². The summed E-state index contributed by atoms with van der Waals surface area (Å²) in [5, 5.41) is 22.9. The highest BCUT2D eigenvalue weighted by molar-refractivity contribution is 6.69. The smallest absolute Gasteiger partial charge is 0.185 e. The Hall–Kier alpha value is -1.49. The Bertz CT molecular complexity index is 1140. The van der Waals surface area contributed by atoms with Crippen LogP contribution in [-0.4, -0.2) is 43.6 Å². The van der Waals surface area contributed by atoms with E-state index in [-0.39, 0.29) is 11.3 Å². The first-order valence-electron chi connectivity index (χ1n) is 14.4. The highest BCUT2D eigenvalue weighted by atomic mass is 28.4. The Kier molecular flexibility index (Phi) is 5.92. The molecule has 0 aromatic heterocycles. The van der Waals surface area contributed by atoms with Gasteiger partial charge in [-0.25, -0.2) is 0 Å². The minimum absolute atomic E-state index is 0.184. The fourth-order valence-electron chi connectivity index (χ4n) is 9.00. The third-order valence-corrected chi connectivity index (χ3v) is 11.4. The van der Waals surface area contributed by atoms with Crippen LogP contribution in [0.5, 0.6) is 0 Å². The summed E-state index contributed by atoms with van der Waals surface area (Å²) in [7, 11) is -1.95. The molecule has 0 amide bonds. The Morgan fingerprint density at radius 1 is 1.05 bits per heavy atom. The largest absolute Gasteiger partial charge is 0.399 e. The van der Waals surface area contributed by atoms with Crippen LogP contribution in [-0.2, 0) is 13.9 Å². The predicted molar refractivity (Wildman–Crippen MR) is 145 cm³/mol. The lowest BCUT2D eigenvalue weighted by atomic mass is 9.49. The van der Waals surface area contributed by atoms with E-state index in [4.69, 9.17) is 13.9 Å². The van der Waals surface area contributed by atoms with E-state index in [0.29, 0.717) is 31.5 Å². The fourth-order valence-corrected chi connectivity index (χ4v) is 10.4. The standard InChI is InChI=1S/C31H43NO4Si/c1-21-6-8-22(9-7-21)24-18-28(2)25(11-14-30(28,20-32)36-37(3,4)5)23-10-13-29(33)19-31(34-16-17-35-31)15-12-26(29)27(23)24/h6-9,23-25,33H,10-19H2,1-5H3/t23-,24?,25-,28-,29+,30-/m0/s1. The average Bonchev–Trinajstić information content (AvgIpc) is 3.39. The number of benzene rings is 1. The first-order valence-corrected chi connectivity index (χ1v) is 17.8. The van der Waals surface area contributed by atoms with Crippen molar-refractivity contribution < 1.29 is 19.0 Å². The third-order valence-electron chi connectivity index (χ3n) is 10.5. The van der Waals surface area contributed by atoms with Gasteiger partial charge in [0.25, 0.3) is 0 Å². The summed E-state index contributed by atoms with van der Waals surface area (Å²) in [6.45, 7) is 12.3. The van der Waals surface area contributed by atoms with Crippen LogP contribution in [0.1, 0.15) is 75.3 Å². The van der Waals surface area contributed by atoms with Crippen LogP contribution in [0.25, 0.3) is 0 Å². The van der Waals surface area contributed by atoms with Crippen molar-refractivity contribution in [2.45, 2.75) is 108 Å². The number of ether oxygens (including phenoxy) is 2. The number of nitriles is 1. The summed E-state index contributed by atoms with van der Waals surface area (Å²) in [4.78, 5) is 0. The molecule has 4 aliphatic carbocycles. The van der Waals surface area contributed by atoms with Gasteiger partial charge in [-0.05, 0) is 88.1 Å². The van der Waals surface area contributed by atoms with E-state index >= 15 is 0 Å². The Labute approximate surface area is 223 Å². The molecule has 1 heterocycles. The SMILES string of the molecule is Cc1ccc(C2C[C@@]3(C)[C@@H](CC[C@@]3(C#N)O[Si](C)(C)C)[C@@H]3CC[C@@]4(O)CC5(CCC4=C23)OCCO5)cc1. The van der Waals surface area contributed by atoms with Gasteiger partial charge in [-0.15, -0.1) is 0 Å². The Morgan fingerprint density at radius 2 is 1.76 bits per heavy atom. The van der Waals surface area contributed by atoms with Gasteiger partial charge in [-0.1, -0.05) is 42.3 Å².